The lowest BCUT2D eigenvalue weighted by atomic mass is 10.3. The molecule has 2 rings (SSSR count). The summed E-state index contributed by atoms with van der Waals surface area (Å²) in [7, 11) is 3.06. The molecule has 0 aliphatic heterocycles. The molecule has 0 radical (unpaired) electrons. The van der Waals surface area contributed by atoms with Crippen molar-refractivity contribution in [3.8, 4) is 5.75 Å². The van der Waals surface area contributed by atoms with Crippen LogP contribution in [0.15, 0.2) is 40.1 Å². The number of H-pyrrole nitrogens is 1. The molecule has 0 unspecified atom stereocenters. The van der Waals surface area contributed by atoms with Crippen molar-refractivity contribution < 1.29 is 9.53 Å². The number of carbonyl (C=O) groups is 1. The number of nitrogens with one attached hydrogen (secondary N) is 1. The van der Waals surface area contributed by atoms with E-state index in [1.165, 1.54) is 18.1 Å². The van der Waals surface area contributed by atoms with Crippen LogP contribution in [0.5, 0.6) is 5.75 Å². The largest absolute Gasteiger partial charge is 0.494 e. The summed E-state index contributed by atoms with van der Waals surface area (Å²) in [5, 5.41) is 0.634. The molecular formula is C16H18ClN3O4. The highest BCUT2D eigenvalue weighted by molar-refractivity contribution is 6.30. The van der Waals surface area contributed by atoms with Crippen molar-refractivity contribution in [2.45, 2.75) is 6.42 Å². The number of hydrogen-bond donors (Lipinski definition) is 1. The monoisotopic (exact) mass is 351 g/mol. The van der Waals surface area contributed by atoms with Gasteiger partial charge in [0.2, 0.25) is 0 Å². The molecule has 7 nitrogen and oxygen atoms in total. The average molecular weight is 352 g/mol. The standard InChI is InChI=1S/C16H18ClN3O4/c1-19(8-3-9-24-12-6-4-11(17)5-7-12)15(22)13-10-20(2)16(23)18-14(13)21/h4-7,10H,3,8-9H2,1-2H3,(H,18,21,23). The molecule has 1 heterocycles. The van der Waals surface area contributed by atoms with Gasteiger partial charge in [0.1, 0.15) is 11.3 Å². The topological polar surface area (TPSA) is 84.4 Å². The Kier molecular flexibility index (Phi) is 5.81. The minimum atomic E-state index is -0.688. The Morgan fingerprint density at radius 2 is 1.96 bits per heavy atom. The molecule has 0 bridgehead atoms. The molecule has 1 aromatic heterocycles. The van der Waals surface area contributed by atoms with Crippen LogP contribution in [0.25, 0.3) is 0 Å². The molecule has 0 fully saturated rings. The van der Waals surface area contributed by atoms with Gasteiger partial charge < -0.3 is 14.2 Å². The zero-order valence-electron chi connectivity index (χ0n) is 13.4. The Hall–Kier alpha value is -2.54. The van der Waals surface area contributed by atoms with E-state index in [0.717, 1.165) is 4.57 Å². The lowest BCUT2D eigenvalue weighted by Gasteiger charge is -2.17. The SMILES string of the molecule is CN(CCCOc1ccc(Cl)cc1)C(=O)c1cn(C)c(=O)[nH]c1=O. The highest BCUT2D eigenvalue weighted by Gasteiger charge is 2.16. The molecule has 0 aliphatic carbocycles. The number of halogens is 1. The maximum absolute atomic E-state index is 12.3. The number of aromatic amines is 1. The lowest BCUT2D eigenvalue weighted by molar-refractivity contribution is 0.0785. The molecule has 2 aromatic rings. The number of rotatable bonds is 6. The summed E-state index contributed by atoms with van der Waals surface area (Å²) < 4.78 is 6.70. The van der Waals surface area contributed by atoms with Gasteiger partial charge in [-0.25, -0.2) is 4.79 Å². The van der Waals surface area contributed by atoms with Gasteiger partial charge in [0.15, 0.2) is 0 Å². The van der Waals surface area contributed by atoms with Crippen LogP contribution < -0.4 is 16.0 Å². The van der Waals surface area contributed by atoms with Gasteiger partial charge in [0.05, 0.1) is 6.61 Å². The Morgan fingerprint density at radius 3 is 2.62 bits per heavy atom. The second-order valence-corrected chi connectivity index (χ2v) is 5.73. The molecule has 0 spiro atoms. The molecule has 128 valence electrons. The van der Waals surface area contributed by atoms with Crippen LogP contribution in [-0.2, 0) is 7.05 Å². The minimum absolute atomic E-state index is 0.0711. The molecule has 0 saturated carbocycles. The summed E-state index contributed by atoms with van der Waals surface area (Å²) in [4.78, 5) is 38.8. The molecule has 8 heteroatoms. The zero-order valence-corrected chi connectivity index (χ0v) is 14.2. The second kappa shape index (κ2) is 7.83. The van der Waals surface area contributed by atoms with Crippen molar-refractivity contribution in [1.82, 2.24) is 14.5 Å². The van der Waals surface area contributed by atoms with E-state index in [1.807, 2.05) is 0 Å². The Labute approximate surface area is 143 Å². The van der Waals surface area contributed by atoms with Crippen LogP contribution in [-0.4, -0.2) is 40.6 Å². The van der Waals surface area contributed by atoms with Crippen molar-refractivity contribution in [1.29, 1.82) is 0 Å². The summed E-state index contributed by atoms with van der Waals surface area (Å²) in [6, 6.07) is 7.00. The fraction of sp³-hybridized carbons (Fsp3) is 0.312. The first-order valence-electron chi connectivity index (χ1n) is 7.32. The first kappa shape index (κ1) is 17.8. The molecule has 24 heavy (non-hydrogen) atoms. The fourth-order valence-corrected chi connectivity index (χ4v) is 2.17. The molecular weight excluding hydrogens is 334 g/mol. The number of aryl methyl sites for hydroxylation is 1. The number of amides is 1. The van der Waals surface area contributed by atoms with Gasteiger partial charge in [-0.3, -0.25) is 14.6 Å². The summed E-state index contributed by atoms with van der Waals surface area (Å²) >= 11 is 5.79. The average Bonchev–Trinajstić information content (AvgIpc) is 2.55. The minimum Gasteiger partial charge on any atom is -0.494 e. The van der Waals surface area contributed by atoms with Gasteiger partial charge in [0, 0.05) is 31.9 Å². The third kappa shape index (κ3) is 4.48. The van der Waals surface area contributed by atoms with Gasteiger partial charge in [-0.15, -0.1) is 0 Å². The van der Waals surface area contributed by atoms with E-state index >= 15 is 0 Å². The van der Waals surface area contributed by atoms with Crippen LogP contribution in [0.1, 0.15) is 16.8 Å². The number of hydrogen-bond acceptors (Lipinski definition) is 4. The van der Waals surface area contributed by atoms with E-state index in [0.29, 0.717) is 30.3 Å². The molecule has 1 aromatic carbocycles. The van der Waals surface area contributed by atoms with Crippen LogP contribution in [0.4, 0.5) is 0 Å². The van der Waals surface area contributed by atoms with Gasteiger partial charge in [0.25, 0.3) is 11.5 Å². The van der Waals surface area contributed by atoms with Crippen LogP contribution in [0.3, 0.4) is 0 Å². The fourth-order valence-electron chi connectivity index (χ4n) is 2.05. The Morgan fingerprint density at radius 1 is 1.29 bits per heavy atom. The van der Waals surface area contributed by atoms with E-state index in [9.17, 15) is 14.4 Å². The van der Waals surface area contributed by atoms with Crippen LogP contribution in [0, 0.1) is 0 Å². The normalized spacial score (nSPS) is 10.5. The molecule has 1 N–H and O–H groups in total. The number of carbonyl (C=O) groups excluding carboxylic acids is 1. The molecule has 0 atom stereocenters. The van der Waals surface area contributed by atoms with Crippen LogP contribution in [0.2, 0.25) is 5.02 Å². The van der Waals surface area contributed by atoms with E-state index in [2.05, 4.69) is 4.98 Å². The van der Waals surface area contributed by atoms with Crippen molar-refractivity contribution >= 4 is 17.5 Å². The second-order valence-electron chi connectivity index (χ2n) is 5.30. The van der Waals surface area contributed by atoms with Crippen molar-refractivity contribution in [2.75, 3.05) is 20.2 Å². The predicted molar refractivity (Wildman–Crippen MR) is 90.8 cm³/mol. The van der Waals surface area contributed by atoms with Gasteiger partial charge in [-0.1, -0.05) is 11.6 Å². The Balaban J connectivity index is 1.88. The quantitative estimate of drug-likeness (QED) is 0.794. The summed E-state index contributed by atoms with van der Waals surface area (Å²) in [5.41, 5.74) is -1.32. The van der Waals surface area contributed by atoms with E-state index in [-0.39, 0.29) is 5.56 Å². The highest BCUT2D eigenvalue weighted by Crippen LogP contribution is 2.15. The summed E-state index contributed by atoms with van der Waals surface area (Å²) in [6.07, 6.45) is 1.83. The lowest BCUT2D eigenvalue weighted by Crippen LogP contribution is -2.37. The first-order valence-corrected chi connectivity index (χ1v) is 7.70. The van der Waals surface area contributed by atoms with Crippen LogP contribution >= 0.6 is 11.6 Å². The van der Waals surface area contributed by atoms with Gasteiger partial charge in [-0.2, -0.15) is 0 Å². The number of nitrogens with zero attached hydrogens (tertiary/aromatic N) is 2. The van der Waals surface area contributed by atoms with Gasteiger partial charge >= 0.3 is 5.69 Å². The van der Waals surface area contributed by atoms with Crippen molar-refractivity contribution in [3.63, 3.8) is 0 Å². The summed E-state index contributed by atoms with van der Waals surface area (Å²) in [5.74, 6) is 0.251. The number of aromatic nitrogens is 2. The Bertz CT molecular complexity index is 826. The smallest absolute Gasteiger partial charge is 0.328 e. The predicted octanol–water partition coefficient (Wildman–Crippen LogP) is 1.27. The van der Waals surface area contributed by atoms with Crippen molar-refractivity contribution in [2.24, 2.45) is 7.05 Å². The molecule has 0 aliphatic rings. The van der Waals surface area contributed by atoms with E-state index in [4.69, 9.17) is 16.3 Å². The third-order valence-electron chi connectivity index (χ3n) is 3.41. The maximum Gasteiger partial charge on any atom is 0.328 e. The first-order chi connectivity index (χ1) is 11.4. The third-order valence-corrected chi connectivity index (χ3v) is 3.66. The molecule has 0 saturated heterocycles. The zero-order chi connectivity index (χ0) is 17.7. The number of benzene rings is 1. The maximum atomic E-state index is 12.3. The van der Waals surface area contributed by atoms with Gasteiger partial charge in [-0.05, 0) is 30.7 Å². The van der Waals surface area contributed by atoms with Crippen molar-refractivity contribution in [3.05, 3.63) is 61.9 Å². The van der Waals surface area contributed by atoms with E-state index in [1.54, 1.807) is 31.3 Å². The molecule has 1 amide bonds. The highest BCUT2D eigenvalue weighted by atomic mass is 35.5. The summed E-state index contributed by atoms with van der Waals surface area (Å²) in [6.45, 7) is 0.831. The number of ether oxygens (including phenoxy) is 1. The van der Waals surface area contributed by atoms with E-state index < -0.39 is 17.2 Å².